The highest BCUT2D eigenvalue weighted by atomic mass is 19.1. The molecule has 6 nitrogen and oxygen atoms in total. The molecule has 0 aromatic carbocycles. The molecule has 138 valence electrons. The van der Waals surface area contributed by atoms with E-state index in [1.165, 1.54) is 0 Å². The van der Waals surface area contributed by atoms with Crippen LogP contribution in [0.3, 0.4) is 0 Å². The van der Waals surface area contributed by atoms with E-state index in [-0.39, 0.29) is 12.6 Å². The standard InChI is InChI=1S/C19H24FN5O/c1-4-5-14(20)10-22-17-8-13(6-7-21-17)19-15-9-18(26-12(2)3)23-11-16(15)24-25-19/h6-9,11-12,14H,4-5,10H2,1-3H3,(H,21,22)(H,24,25)/t14-/m0/s1. The van der Waals surface area contributed by atoms with Crippen molar-refractivity contribution in [3.05, 3.63) is 30.6 Å². The number of pyridine rings is 2. The topological polar surface area (TPSA) is 75.7 Å². The summed E-state index contributed by atoms with van der Waals surface area (Å²) in [6, 6.07) is 5.63. The first-order valence-corrected chi connectivity index (χ1v) is 8.92. The average molecular weight is 357 g/mol. The molecule has 0 fully saturated rings. The van der Waals surface area contributed by atoms with Gasteiger partial charge in [0.2, 0.25) is 5.88 Å². The van der Waals surface area contributed by atoms with Gasteiger partial charge in [0.15, 0.2) is 0 Å². The summed E-state index contributed by atoms with van der Waals surface area (Å²) in [6.45, 7) is 6.14. The first kappa shape index (κ1) is 18.1. The lowest BCUT2D eigenvalue weighted by Gasteiger charge is -2.10. The van der Waals surface area contributed by atoms with Gasteiger partial charge in [0, 0.05) is 29.8 Å². The number of anilines is 1. The van der Waals surface area contributed by atoms with Crippen LogP contribution in [0.25, 0.3) is 22.2 Å². The lowest BCUT2D eigenvalue weighted by atomic mass is 10.1. The van der Waals surface area contributed by atoms with Crippen LogP contribution in [0, 0.1) is 0 Å². The van der Waals surface area contributed by atoms with Crippen molar-refractivity contribution in [1.82, 2.24) is 20.2 Å². The molecule has 3 aromatic heterocycles. The lowest BCUT2D eigenvalue weighted by molar-refractivity contribution is 0.233. The molecule has 26 heavy (non-hydrogen) atoms. The Kier molecular flexibility index (Phi) is 5.65. The highest BCUT2D eigenvalue weighted by molar-refractivity contribution is 5.93. The minimum absolute atomic E-state index is 0.0452. The SMILES string of the molecule is CCC[C@H](F)CNc1cc(-c2n[nH]c3cnc(OC(C)C)cc23)ccn1. The lowest BCUT2D eigenvalue weighted by Crippen LogP contribution is -2.15. The van der Waals surface area contributed by atoms with E-state index in [1.54, 1.807) is 12.4 Å². The average Bonchev–Trinajstić information content (AvgIpc) is 3.03. The monoisotopic (exact) mass is 357 g/mol. The van der Waals surface area contributed by atoms with Crippen LogP contribution < -0.4 is 10.1 Å². The second-order valence-electron chi connectivity index (χ2n) is 6.50. The molecule has 0 bridgehead atoms. The fourth-order valence-corrected chi connectivity index (χ4v) is 2.73. The number of fused-ring (bicyclic) bond motifs is 1. The third kappa shape index (κ3) is 4.28. The third-order valence-corrected chi connectivity index (χ3v) is 3.92. The van der Waals surface area contributed by atoms with Gasteiger partial charge in [-0.25, -0.2) is 14.4 Å². The molecule has 0 saturated heterocycles. The number of aromatic amines is 1. The molecule has 2 N–H and O–H groups in total. The van der Waals surface area contributed by atoms with Gasteiger partial charge in [0.25, 0.3) is 0 Å². The minimum atomic E-state index is -0.876. The molecule has 0 aliphatic rings. The second kappa shape index (κ2) is 8.12. The summed E-state index contributed by atoms with van der Waals surface area (Å²) >= 11 is 0. The van der Waals surface area contributed by atoms with Crippen LogP contribution in [0.2, 0.25) is 0 Å². The van der Waals surface area contributed by atoms with E-state index in [2.05, 4.69) is 25.5 Å². The second-order valence-corrected chi connectivity index (χ2v) is 6.50. The number of ether oxygens (including phenoxy) is 1. The van der Waals surface area contributed by atoms with Crippen LogP contribution in [0.5, 0.6) is 5.88 Å². The number of rotatable bonds is 8. The molecule has 0 unspecified atom stereocenters. The van der Waals surface area contributed by atoms with E-state index in [0.29, 0.717) is 18.1 Å². The predicted octanol–water partition coefficient (Wildman–Crippen LogP) is 4.36. The molecule has 0 aliphatic carbocycles. The maximum absolute atomic E-state index is 13.7. The van der Waals surface area contributed by atoms with Crippen LogP contribution in [0.4, 0.5) is 10.2 Å². The molecule has 7 heteroatoms. The van der Waals surface area contributed by atoms with E-state index in [1.807, 2.05) is 39.0 Å². The highest BCUT2D eigenvalue weighted by Crippen LogP contribution is 2.29. The van der Waals surface area contributed by atoms with Gasteiger partial charge in [-0.05, 0) is 32.4 Å². The maximum atomic E-state index is 13.7. The van der Waals surface area contributed by atoms with Gasteiger partial charge >= 0.3 is 0 Å². The van der Waals surface area contributed by atoms with Gasteiger partial charge in [-0.3, -0.25) is 5.10 Å². The summed E-state index contributed by atoms with van der Waals surface area (Å²) in [4.78, 5) is 8.54. The molecular weight excluding hydrogens is 333 g/mol. The minimum Gasteiger partial charge on any atom is -0.475 e. The van der Waals surface area contributed by atoms with Crippen LogP contribution in [-0.2, 0) is 0 Å². The van der Waals surface area contributed by atoms with Gasteiger partial charge in [0.05, 0.1) is 17.8 Å². The van der Waals surface area contributed by atoms with Crippen molar-refractivity contribution < 1.29 is 9.13 Å². The Bertz CT molecular complexity index is 864. The van der Waals surface area contributed by atoms with Crippen molar-refractivity contribution in [1.29, 1.82) is 0 Å². The van der Waals surface area contributed by atoms with Crippen LogP contribution in [-0.4, -0.2) is 39.0 Å². The van der Waals surface area contributed by atoms with Crippen LogP contribution >= 0.6 is 0 Å². The zero-order chi connectivity index (χ0) is 18.5. The molecule has 3 heterocycles. The Morgan fingerprint density at radius 3 is 2.88 bits per heavy atom. The number of nitrogens with zero attached hydrogens (tertiary/aromatic N) is 3. The Balaban J connectivity index is 1.85. The normalized spacial score (nSPS) is 12.5. The summed E-state index contributed by atoms with van der Waals surface area (Å²) in [6.07, 6.45) is 3.94. The zero-order valence-electron chi connectivity index (χ0n) is 15.3. The summed E-state index contributed by atoms with van der Waals surface area (Å²) in [5, 5.41) is 11.4. The molecule has 0 radical (unpaired) electrons. The first-order chi connectivity index (χ1) is 12.6. The predicted molar refractivity (Wildman–Crippen MR) is 101 cm³/mol. The van der Waals surface area contributed by atoms with Gasteiger partial charge in [-0.15, -0.1) is 0 Å². The Morgan fingerprint density at radius 1 is 1.27 bits per heavy atom. The van der Waals surface area contributed by atoms with Crippen molar-refractivity contribution in [2.45, 2.75) is 45.9 Å². The molecule has 0 saturated carbocycles. The van der Waals surface area contributed by atoms with Gasteiger partial charge < -0.3 is 10.1 Å². The largest absolute Gasteiger partial charge is 0.475 e. The van der Waals surface area contributed by atoms with Crippen molar-refractivity contribution in [2.75, 3.05) is 11.9 Å². The van der Waals surface area contributed by atoms with Crippen molar-refractivity contribution in [3.63, 3.8) is 0 Å². The molecule has 3 aromatic rings. The van der Waals surface area contributed by atoms with E-state index in [4.69, 9.17) is 4.74 Å². The number of hydrogen-bond donors (Lipinski definition) is 2. The number of nitrogens with one attached hydrogen (secondary N) is 2. The Morgan fingerprint density at radius 2 is 2.12 bits per heavy atom. The van der Waals surface area contributed by atoms with Crippen LogP contribution in [0.15, 0.2) is 30.6 Å². The van der Waals surface area contributed by atoms with Crippen molar-refractivity contribution in [3.8, 4) is 17.1 Å². The van der Waals surface area contributed by atoms with E-state index in [0.717, 1.165) is 28.6 Å². The van der Waals surface area contributed by atoms with Gasteiger partial charge in [-0.2, -0.15) is 5.10 Å². The van der Waals surface area contributed by atoms with Crippen LogP contribution in [0.1, 0.15) is 33.6 Å². The molecule has 1 atom stereocenters. The summed E-state index contributed by atoms with van der Waals surface area (Å²) in [5.41, 5.74) is 2.50. The summed E-state index contributed by atoms with van der Waals surface area (Å²) < 4.78 is 19.4. The smallest absolute Gasteiger partial charge is 0.214 e. The molecule has 0 aliphatic heterocycles. The summed E-state index contributed by atoms with van der Waals surface area (Å²) in [5.74, 6) is 1.19. The number of H-pyrrole nitrogens is 1. The summed E-state index contributed by atoms with van der Waals surface area (Å²) in [7, 11) is 0. The Labute approximate surface area is 152 Å². The number of halogens is 1. The fourth-order valence-electron chi connectivity index (χ4n) is 2.73. The van der Waals surface area contributed by atoms with E-state index in [9.17, 15) is 4.39 Å². The number of hydrogen-bond acceptors (Lipinski definition) is 5. The zero-order valence-corrected chi connectivity index (χ0v) is 15.3. The molecule has 0 spiro atoms. The fraction of sp³-hybridized carbons (Fsp3) is 0.421. The van der Waals surface area contributed by atoms with E-state index < -0.39 is 6.17 Å². The van der Waals surface area contributed by atoms with Crippen molar-refractivity contribution in [2.24, 2.45) is 0 Å². The number of alkyl halides is 1. The molecule has 3 rings (SSSR count). The quantitative estimate of drug-likeness (QED) is 0.626. The maximum Gasteiger partial charge on any atom is 0.214 e. The highest BCUT2D eigenvalue weighted by Gasteiger charge is 2.12. The number of aromatic nitrogens is 4. The van der Waals surface area contributed by atoms with E-state index >= 15 is 0 Å². The third-order valence-electron chi connectivity index (χ3n) is 3.92. The molecule has 0 amide bonds. The van der Waals surface area contributed by atoms with Gasteiger partial charge in [0.1, 0.15) is 17.7 Å². The van der Waals surface area contributed by atoms with Gasteiger partial charge in [-0.1, -0.05) is 13.3 Å². The first-order valence-electron chi connectivity index (χ1n) is 8.92. The molecular formula is C19H24FN5O. The van der Waals surface area contributed by atoms with Crippen molar-refractivity contribution >= 4 is 16.7 Å². The Hall–Kier alpha value is -2.70.